The molecule has 1 fully saturated rings. The maximum Gasteiger partial charge on any atom is 0.304 e. The van der Waals surface area contributed by atoms with E-state index in [-0.39, 0.29) is 0 Å². The van der Waals surface area contributed by atoms with E-state index in [0.717, 1.165) is 38.0 Å². The van der Waals surface area contributed by atoms with Gasteiger partial charge < -0.3 is 5.32 Å². The molecule has 2 rings (SSSR count). The van der Waals surface area contributed by atoms with Gasteiger partial charge in [-0.1, -0.05) is 6.07 Å². The molecular formula is C14H20FN3O2. The predicted octanol–water partition coefficient (Wildman–Crippen LogP) is 2.17. The molecule has 1 aliphatic heterocycles. The van der Waals surface area contributed by atoms with Crippen molar-refractivity contribution in [2.75, 3.05) is 26.7 Å². The van der Waals surface area contributed by atoms with Crippen molar-refractivity contribution in [2.45, 2.75) is 19.4 Å². The largest absolute Gasteiger partial charge is 0.319 e. The van der Waals surface area contributed by atoms with Gasteiger partial charge in [-0.2, -0.15) is 4.39 Å². The van der Waals surface area contributed by atoms with Gasteiger partial charge in [0.25, 0.3) is 0 Å². The van der Waals surface area contributed by atoms with Crippen LogP contribution in [0, 0.1) is 21.8 Å². The lowest BCUT2D eigenvalue weighted by Gasteiger charge is -2.31. The van der Waals surface area contributed by atoms with E-state index >= 15 is 0 Å². The molecule has 0 bridgehead atoms. The molecule has 0 aliphatic carbocycles. The first kappa shape index (κ1) is 14.9. The number of likely N-dealkylation sites (tertiary alicyclic amines) is 1. The summed E-state index contributed by atoms with van der Waals surface area (Å²) in [6, 6.07) is 4.16. The Kier molecular flexibility index (Phi) is 5.03. The van der Waals surface area contributed by atoms with Crippen LogP contribution in [-0.2, 0) is 6.54 Å². The minimum absolute atomic E-state index is 0.457. The van der Waals surface area contributed by atoms with Gasteiger partial charge in [-0.05, 0) is 57.1 Å². The Morgan fingerprint density at radius 2 is 2.15 bits per heavy atom. The zero-order valence-electron chi connectivity index (χ0n) is 11.6. The van der Waals surface area contributed by atoms with Crippen LogP contribution >= 0.6 is 0 Å². The molecule has 1 aliphatic rings. The van der Waals surface area contributed by atoms with Crippen LogP contribution in [0.15, 0.2) is 18.2 Å². The van der Waals surface area contributed by atoms with E-state index in [1.807, 2.05) is 7.05 Å². The van der Waals surface area contributed by atoms with Crippen molar-refractivity contribution in [3.63, 3.8) is 0 Å². The highest BCUT2D eigenvalue weighted by Gasteiger charge is 2.20. The van der Waals surface area contributed by atoms with E-state index in [1.54, 1.807) is 6.07 Å². The van der Waals surface area contributed by atoms with Crippen LogP contribution in [0.3, 0.4) is 0 Å². The number of hydrogen-bond donors (Lipinski definition) is 1. The van der Waals surface area contributed by atoms with Crippen molar-refractivity contribution >= 4 is 5.69 Å². The fourth-order valence-corrected chi connectivity index (χ4v) is 2.69. The summed E-state index contributed by atoms with van der Waals surface area (Å²) < 4.78 is 13.5. The van der Waals surface area contributed by atoms with Gasteiger partial charge in [-0.25, -0.2) is 0 Å². The number of halogens is 1. The van der Waals surface area contributed by atoms with Gasteiger partial charge in [0.15, 0.2) is 0 Å². The lowest BCUT2D eigenvalue weighted by Crippen LogP contribution is -2.36. The summed E-state index contributed by atoms with van der Waals surface area (Å²) in [5.41, 5.74) is 0.335. The molecule has 0 amide bonds. The Morgan fingerprint density at radius 3 is 2.70 bits per heavy atom. The van der Waals surface area contributed by atoms with Gasteiger partial charge in [0.05, 0.1) is 4.92 Å². The zero-order chi connectivity index (χ0) is 14.5. The maximum atomic E-state index is 13.5. The number of nitro groups is 1. The summed E-state index contributed by atoms with van der Waals surface area (Å²) in [6.07, 6.45) is 2.27. The van der Waals surface area contributed by atoms with Crippen LogP contribution in [0.2, 0.25) is 0 Å². The first-order chi connectivity index (χ1) is 9.60. The molecule has 6 heteroatoms. The Labute approximate surface area is 117 Å². The first-order valence-corrected chi connectivity index (χ1v) is 6.90. The number of benzene rings is 1. The molecule has 0 spiro atoms. The molecule has 1 aromatic carbocycles. The van der Waals surface area contributed by atoms with Crippen LogP contribution in [0.1, 0.15) is 18.4 Å². The minimum atomic E-state index is -0.752. The molecule has 0 radical (unpaired) electrons. The summed E-state index contributed by atoms with van der Waals surface area (Å²) in [6.45, 7) is 3.68. The Balaban J connectivity index is 1.91. The molecule has 5 nitrogen and oxygen atoms in total. The zero-order valence-corrected chi connectivity index (χ0v) is 11.6. The highest BCUT2D eigenvalue weighted by Crippen LogP contribution is 2.21. The predicted molar refractivity (Wildman–Crippen MR) is 75.0 cm³/mol. The van der Waals surface area contributed by atoms with Gasteiger partial charge in [0, 0.05) is 12.6 Å². The fraction of sp³-hybridized carbons (Fsp3) is 0.571. The number of rotatable bonds is 5. The van der Waals surface area contributed by atoms with Gasteiger partial charge >= 0.3 is 5.69 Å². The molecule has 20 heavy (non-hydrogen) atoms. The second-order valence-corrected chi connectivity index (χ2v) is 5.32. The van der Waals surface area contributed by atoms with Gasteiger partial charge in [-0.15, -0.1) is 0 Å². The van der Waals surface area contributed by atoms with Gasteiger partial charge in [0.2, 0.25) is 5.82 Å². The summed E-state index contributed by atoms with van der Waals surface area (Å²) in [4.78, 5) is 12.1. The third-order valence-corrected chi connectivity index (χ3v) is 3.81. The number of piperidine rings is 1. The monoisotopic (exact) mass is 281 g/mol. The van der Waals surface area contributed by atoms with Crippen molar-refractivity contribution in [3.8, 4) is 0 Å². The molecule has 110 valence electrons. The average molecular weight is 281 g/mol. The molecule has 0 unspecified atom stereocenters. The van der Waals surface area contributed by atoms with E-state index in [1.165, 1.54) is 12.1 Å². The molecular weight excluding hydrogens is 261 g/mol. The van der Waals surface area contributed by atoms with E-state index < -0.39 is 16.4 Å². The van der Waals surface area contributed by atoms with Crippen LogP contribution < -0.4 is 5.32 Å². The Hall–Kier alpha value is -1.53. The van der Waals surface area contributed by atoms with Crippen molar-refractivity contribution in [3.05, 3.63) is 39.7 Å². The first-order valence-electron chi connectivity index (χ1n) is 6.90. The summed E-state index contributed by atoms with van der Waals surface area (Å²) in [5, 5.41) is 13.8. The van der Waals surface area contributed by atoms with Crippen LogP contribution in [-0.4, -0.2) is 36.5 Å². The third kappa shape index (κ3) is 3.74. The number of hydrogen-bond acceptors (Lipinski definition) is 4. The summed E-state index contributed by atoms with van der Waals surface area (Å²) in [5.74, 6) is -0.0394. The Bertz CT molecular complexity index is 473. The van der Waals surface area contributed by atoms with Crippen LogP contribution in [0.4, 0.5) is 10.1 Å². The van der Waals surface area contributed by atoms with E-state index in [0.29, 0.717) is 12.5 Å². The molecule has 1 aromatic rings. The van der Waals surface area contributed by atoms with Crippen molar-refractivity contribution in [2.24, 2.45) is 5.92 Å². The minimum Gasteiger partial charge on any atom is -0.319 e. The standard InChI is InChI=1S/C14H20FN3O2/c1-16-9-11-4-6-17(7-5-11)10-12-2-3-14(18(19)20)13(15)8-12/h2-3,8,11,16H,4-7,9-10H2,1H3. The molecule has 1 saturated heterocycles. The lowest BCUT2D eigenvalue weighted by molar-refractivity contribution is -0.387. The number of nitrogens with zero attached hydrogens (tertiary/aromatic N) is 2. The maximum absolute atomic E-state index is 13.5. The van der Waals surface area contributed by atoms with Crippen molar-refractivity contribution < 1.29 is 9.31 Å². The second-order valence-electron chi connectivity index (χ2n) is 5.32. The number of nitrogens with one attached hydrogen (secondary N) is 1. The van der Waals surface area contributed by atoms with Crippen molar-refractivity contribution in [1.29, 1.82) is 0 Å². The number of nitro benzene ring substituents is 1. The smallest absolute Gasteiger partial charge is 0.304 e. The quantitative estimate of drug-likeness (QED) is 0.664. The summed E-state index contributed by atoms with van der Waals surface area (Å²) in [7, 11) is 1.96. The highest BCUT2D eigenvalue weighted by atomic mass is 19.1. The lowest BCUT2D eigenvalue weighted by atomic mass is 9.96. The highest BCUT2D eigenvalue weighted by molar-refractivity contribution is 5.34. The fourth-order valence-electron chi connectivity index (χ4n) is 2.69. The molecule has 0 saturated carbocycles. The molecule has 1 N–H and O–H groups in total. The van der Waals surface area contributed by atoms with Crippen LogP contribution in [0.25, 0.3) is 0 Å². The SMILES string of the molecule is CNCC1CCN(Cc2ccc([N+](=O)[O-])c(F)c2)CC1. The van der Waals surface area contributed by atoms with Gasteiger partial charge in [0.1, 0.15) is 0 Å². The van der Waals surface area contributed by atoms with Gasteiger partial charge in [-0.3, -0.25) is 15.0 Å². The molecule has 0 aromatic heterocycles. The third-order valence-electron chi connectivity index (χ3n) is 3.81. The van der Waals surface area contributed by atoms with Crippen molar-refractivity contribution in [1.82, 2.24) is 10.2 Å². The molecule has 0 atom stereocenters. The van der Waals surface area contributed by atoms with E-state index in [2.05, 4.69) is 10.2 Å². The van der Waals surface area contributed by atoms with Crippen LogP contribution in [0.5, 0.6) is 0 Å². The normalized spacial score (nSPS) is 17.3. The topological polar surface area (TPSA) is 58.4 Å². The second kappa shape index (κ2) is 6.76. The summed E-state index contributed by atoms with van der Waals surface area (Å²) >= 11 is 0. The average Bonchev–Trinajstić information content (AvgIpc) is 2.41. The Morgan fingerprint density at radius 1 is 1.45 bits per heavy atom. The van der Waals surface area contributed by atoms with E-state index in [9.17, 15) is 14.5 Å². The molecule has 1 heterocycles. The van der Waals surface area contributed by atoms with E-state index in [4.69, 9.17) is 0 Å².